The average molecular weight is 498 g/mol. The number of hydrogen-bond donors (Lipinski definition) is 1. The Labute approximate surface area is 204 Å². The highest BCUT2D eigenvalue weighted by Gasteiger charge is 2.27. The third kappa shape index (κ3) is 5.85. The molecule has 1 saturated heterocycles. The number of benzene rings is 2. The lowest BCUT2D eigenvalue weighted by Crippen LogP contribution is -2.40. The Hall–Kier alpha value is -2.72. The maximum Gasteiger partial charge on any atom is 0.244 e. The van der Waals surface area contributed by atoms with E-state index in [1.807, 2.05) is 67.6 Å². The van der Waals surface area contributed by atoms with Crippen molar-refractivity contribution in [3.63, 3.8) is 0 Å². The normalized spacial score (nSPS) is 15.7. The lowest BCUT2D eigenvalue weighted by Gasteiger charge is -2.25. The van der Waals surface area contributed by atoms with E-state index in [2.05, 4.69) is 10.3 Å². The maximum atomic E-state index is 13.1. The van der Waals surface area contributed by atoms with Gasteiger partial charge in [-0.2, -0.15) is 4.31 Å². The molecule has 1 aliphatic heterocycles. The minimum atomic E-state index is -3.60. The highest BCUT2D eigenvalue weighted by molar-refractivity contribution is 8.00. The van der Waals surface area contributed by atoms with Gasteiger partial charge >= 0.3 is 0 Å². The van der Waals surface area contributed by atoms with Gasteiger partial charge in [0.2, 0.25) is 15.9 Å². The van der Waals surface area contributed by atoms with Gasteiger partial charge in [-0.3, -0.25) is 4.79 Å². The number of hydrogen-bond acceptors (Lipinski definition) is 6. The van der Waals surface area contributed by atoms with Gasteiger partial charge in [0.15, 0.2) is 0 Å². The van der Waals surface area contributed by atoms with Crippen LogP contribution < -0.4 is 5.32 Å². The molecule has 9 heteroatoms. The zero-order valence-electron chi connectivity index (χ0n) is 18.8. The molecule has 1 amide bonds. The number of pyridine rings is 1. The van der Waals surface area contributed by atoms with E-state index in [0.717, 1.165) is 11.1 Å². The molecule has 1 fully saturated rings. The summed E-state index contributed by atoms with van der Waals surface area (Å²) in [6.45, 7) is 3.26. The smallest absolute Gasteiger partial charge is 0.244 e. The first kappa shape index (κ1) is 24.4. The largest absolute Gasteiger partial charge is 0.379 e. The van der Waals surface area contributed by atoms with E-state index in [1.165, 1.54) is 22.3 Å². The number of carbonyl (C=O) groups is 1. The summed E-state index contributed by atoms with van der Waals surface area (Å²) in [5.41, 5.74) is 1.99. The third-order valence-corrected chi connectivity index (χ3v) is 8.47. The summed E-state index contributed by atoms with van der Waals surface area (Å²) < 4.78 is 32.2. The second kappa shape index (κ2) is 11.1. The fourth-order valence-corrected chi connectivity index (χ4v) is 5.82. The average Bonchev–Trinajstić information content (AvgIpc) is 2.89. The van der Waals surface area contributed by atoms with Crippen molar-refractivity contribution in [3.8, 4) is 0 Å². The number of nitrogens with one attached hydrogen (secondary N) is 1. The lowest BCUT2D eigenvalue weighted by molar-refractivity contribution is -0.120. The molecule has 34 heavy (non-hydrogen) atoms. The molecule has 4 rings (SSSR count). The van der Waals surface area contributed by atoms with Gasteiger partial charge in [-0.1, -0.05) is 72.4 Å². The zero-order chi connectivity index (χ0) is 24.0. The van der Waals surface area contributed by atoms with E-state index in [-0.39, 0.29) is 16.8 Å². The van der Waals surface area contributed by atoms with E-state index >= 15 is 0 Å². The van der Waals surface area contributed by atoms with Crippen molar-refractivity contribution in [1.29, 1.82) is 0 Å². The van der Waals surface area contributed by atoms with Crippen molar-refractivity contribution < 1.29 is 17.9 Å². The van der Waals surface area contributed by atoms with E-state index < -0.39 is 15.3 Å². The molecule has 1 atom stereocenters. The molecule has 1 aromatic heterocycles. The van der Waals surface area contributed by atoms with Gasteiger partial charge in [0, 0.05) is 19.3 Å². The van der Waals surface area contributed by atoms with E-state index in [0.29, 0.717) is 31.3 Å². The van der Waals surface area contributed by atoms with Crippen LogP contribution in [-0.4, -0.2) is 55.2 Å². The SMILES string of the molecule is C[C@@H](Sc1ccc(S(=O)(=O)N2CCOCC2)cn1)C(=O)NC(c1ccccc1)c1ccccc1. The number of thioether (sulfide) groups is 1. The van der Waals surface area contributed by atoms with Gasteiger partial charge in [-0.15, -0.1) is 0 Å². The zero-order valence-corrected chi connectivity index (χ0v) is 20.5. The summed E-state index contributed by atoms with van der Waals surface area (Å²) in [6, 6.07) is 22.6. The van der Waals surface area contributed by atoms with Crippen LogP contribution in [0.15, 0.2) is 88.9 Å². The Morgan fingerprint density at radius 2 is 1.56 bits per heavy atom. The molecule has 0 radical (unpaired) electrons. The predicted octanol–water partition coefficient (Wildman–Crippen LogP) is 3.49. The second-order valence-electron chi connectivity index (χ2n) is 7.87. The van der Waals surface area contributed by atoms with Gasteiger partial charge in [0.1, 0.15) is 4.90 Å². The van der Waals surface area contributed by atoms with Gasteiger partial charge in [-0.25, -0.2) is 13.4 Å². The number of aromatic nitrogens is 1. The Bertz CT molecular complexity index is 1140. The molecular formula is C25H27N3O4S2. The number of morpholine rings is 1. The summed E-state index contributed by atoms with van der Waals surface area (Å²) >= 11 is 1.29. The first-order valence-corrected chi connectivity index (χ1v) is 13.4. The van der Waals surface area contributed by atoms with Crippen LogP contribution in [0.3, 0.4) is 0 Å². The molecule has 0 spiro atoms. The summed E-state index contributed by atoms with van der Waals surface area (Å²) in [6.07, 6.45) is 1.36. The number of nitrogens with zero attached hydrogens (tertiary/aromatic N) is 2. The molecular weight excluding hydrogens is 470 g/mol. The molecule has 7 nitrogen and oxygen atoms in total. The summed E-state index contributed by atoms with van der Waals surface area (Å²) in [5.74, 6) is -0.130. The topological polar surface area (TPSA) is 88.6 Å². The number of rotatable bonds is 8. The van der Waals surface area contributed by atoms with Crippen molar-refractivity contribution in [1.82, 2.24) is 14.6 Å². The third-order valence-electron chi connectivity index (χ3n) is 5.54. The lowest BCUT2D eigenvalue weighted by atomic mass is 9.98. The minimum Gasteiger partial charge on any atom is -0.379 e. The molecule has 0 bridgehead atoms. The fourth-order valence-electron chi connectivity index (χ4n) is 3.67. The summed E-state index contributed by atoms with van der Waals surface area (Å²) in [4.78, 5) is 17.5. The van der Waals surface area contributed by atoms with Crippen LogP contribution in [0.1, 0.15) is 24.1 Å². The predicted molar refractivity (Wildman–Crippen MR) is 132 cm³/mol. The minimum absolute atomic E-state index is 0.130. The van der Waals surface area contributed by atoms with Gasteiger partial charge in [0.05, 0.1) is 29.5 Å². The highest BCUT2D eigenvalue weighted by atomic mass is 32.2. The Kier molecular flexibility index (Phi) is 7.99. The van der Waals surface area contributed by atoms with Crippen molar-refractivity contribution in [3.05, 3.63) is 90.1 Å². The Morgan fingerprint density at radius 1 is 0.971 bits per heavy atom. The van der Waals surface area contributed by atoms with Crippen LogP contribution in [-0.2, 0) is 19.6 Å². The maximum absolute atomic E-state index is 13.1. The molecule has 2 heterocycles. The quantitative estimate of drug-likeness (QED) is 0.480. The van der Waals surface area contributed by atoms with E-state index in [9.17, 15) is 13.2 Å². The molecule has 1 aliphatic rings. The van der Waals surface area contributed by atoms with E-state index in [1.54, 1.807) is 12.1 Å². The molecule has 0 aliphatic carbocycles. The van der Waals surface area contributed by atoms with Crippen molar-refractivity contribution in [2.75, 3.05) is 26.3 Å². The fraction of sp³-hybridized carbons (Fsp3) is 0.280. The first-order valence-electron chi connectivity index (χ1n) is 11.1. The number of carbonyl (C=O) groups excluding carboxylic acids is 1. The molecule has 178 valence electrons. The van der Waals surface area contributed by atoms with Gasteiger partial charge in [0.25, 0.3) is 0 Å². The monoisotopic (exact) mass is 497 g/mol. The van der Waals surface area contributed by atoms with Crippen LogP contribution in [0.5, 0.6) is 0 Å². The Balaban J connectivity index is 1.43. The van der Waals surface area contributed by atoms with Crippen molar-refractivity contribution >= 4 is 27.7 Å². The molecule has 0 saturated carbocycles. The summed E-state index contributed by atoms with van der Waals surface area (Å²) in [5, 5.41) is 3.30. The second-order valence-corrected chi connectivity index (χ2v) is 11.2. The highest BCUT2D eigenvalue weighted by Crippen LogP contribution is 2.26. The van der Waals surface area contributed by atoms with Crippen LogP contribution >= 0.6 is 11.8 Å². The van der Waals surface area contributed by atoms with E-state index in [4.69, 9.17) is 4.74 Å². The summed E-state index contributed by atoms with van der Waals surface area (Å²) in [7, 11) is -3.60. The first-order chi connectivity index (χ1) is 16.4. The molecule has 0 unspecified atom stereocenters. The van der Waals surface area contributed by atoms with Gasteiger partial charge < -0.3 is 10.1 Å². The molecule has 1 N–H and O–H groups in total. The number of sulfonamides is 1. The Morgan fingerprint density at radius 3 is 2.09 bits per heavy atom. The van der Waals surface area contributed by atoms with Crippen LogP contribution in [0.2, 0.25) is 0 Å². The number of amides is 1. The van der Waals surface area contributed by atoms with Crippen LogP contribution in [0.4, 0.5) is 0 Å². The van der Waals surface area contributed by atoms with Crippen molar-refractivity contribution in [2.45, 2.75) is 28.1 Å². The van der Waals surface area contributed by atoms with Crippen molar-refractivity contribution in [2.24, 2.45) is 0 Å². The van der Waals surface area contributed by atoms with Crippen LogP contribution in [0, 0.1) is 0 Å². The van der Waals surface area contributed by atoms with Gasteiger partial charge in [-0.05, 0) is 30.2 Å². The standard InChI is InChI=1S/C25H27N3O4S2/c1-19(25(29)27-24(20-8-4-2-5-9-20)21-10-6-3-7-11-21)33-23-13-12-22(18-26-23)34(30,31)28-14-16-32-17-15-28/h2-13,18-19,24H,14-17H2,1H3,(H,27,29)/t19-/m1/s1. The molecule has 2 aromatic carbocycles. The van der Waals surface area contributed by atoms with Crippen LogP contribution in [0.25, 0.3) is 0 Å². The molecule has 3 aromatic rings. The number of ether oxygens (including phenoxy) is 1.